The van der Waals surface area contributed by atoms with Crippen molar-refractivity contribution in [3.05, 3.63) is 66.2 Å². The monoisotopic (exact) mass is 331 g/mol. The highest BCUT2D eigenvalue weighted by Crippen LogP contribution is 2.16. The molecule has 0 atom stereocenters. The third-order valence-electron chi connectivity index (χ3n) is 2.91. The number of ether oxygens (including phenoxy) is 1. The van der Waals surface area contributed by atoms with Crippen LogP contribution in [0.5, 0.6) is 0 Å². The summed E-state index contributed by atoms with van der Waals surface area (Å²) in [7, 11) is -3.60. The molecule has 2 rings (SSSR count). The maximum atomic E-state index is 12.2. The predicted octanol–water partition coefficient (Wildman–Crippen LogP) is 3.06. The summed E-state index contributed by atoms with van der Waals surface area (Å²) in [6.07, 6.45) is 2.93. The Morgan fingerprint density at radius 2 is 1.74 bits per heavy atom. The minimum Gasteiger partial charge on any atom is -0.463 e. The molecular formula is C17H17NO4S. The normalized spacial score (nSPS) is 11.3. The van der Waals surface area contributed by atoms with Gasteiger partial charge in [0.15, 0.2) is 0 Å². The quantitative estimate of drug-likeness (QED) is 0.652. The molecule has 0 radical (unpaired) electrons. The first-order valence-corrected chi connectivity index (χ1v) is 8.52. The van der Waals surface area contributed by atoms with E-state index in [1.807, 2.05) is 0 Å². The third kappa shape index (κ3) is 4.96. The Labute approximate surface area is 135 Å². The lowest BCUT2D eigenvalue weighted by molar-refractivity contribution is -0.137. The molecule has 1 N–H and O–H groups in total. The van der Waals surface area contributed by atoms with Crippen LogP contribution in [0.3, 0.4) is 0 Å². The largest absolute Gasteiger partial charge is 0.463 e. The number of carbonyl (C=O) groups excluding carboxylic acids is 1. The van der Waals surface area contributed by atoms with Gasteiger partial charge in [-0.2, -0.15) is 0 Å². The summed E-state index contributed by atoms with van der Waals surface area (Å²) >= 11 is 0. The molecule has 0 aromatic heterocycles. The van der Waals surface area contributed by atoms with E-state index in [4.69, 9.17) is 4.74 Å². The zero-order chi connectivity index (χ0) is 16.7. The van der Waals surface area contributed by atoms with Crippen molar-refractivity contribution in [1.29, 1.82) is 0 Å². The molecule has 0 amide bonds. The van der Waals surface area contributed by atoms with Crippen LogP contribution in [0.2, 0.25) is 0 Å². The number of carbonyl (C=O) groups is 1. The minimum atomic E-state index is -3.60. The van der Waals surface area contributed by atoms with Gasteiger partial charge in [-0.1, -0.05) is 30.3 Å². The van der Waals surface area contributed by atoms with Gasteiger partial charge in [0.2, 0.25) is 0 Å². The summed E-state index contributed by atoms with van der Waals surface area (Å²) in [5.74, 6) is -0.415. The highest BCUT2D eigenvalue weighted by molar-refractivity contribution is 7.92. The molecule has 2 aromatic carbocycles. The minimum absolute atomic E-state index is 0.200. The van der Waals surface area contributed by atoms with Gasteiger partial charge in [0.1, 0.15) is 0 Å². The van der Waals surface area contributed by atoms with E-state index in [1.165, 1.54) is 18.2 Å². The summed E-state index contributed by atoms with van der Waals surface area (Å²) in [6.45, 7) is 2.06. The first-order valence-electron chi connectivity index (χ1n) is 7.04. The smallest absolute Gasteiger partial charge is 0.330 e. The molecule has 120 valence electrons. The molecule has 0 spiro atoms. The average molecular weight is 331 g/mol. The molecule has 6 heteroatoms. The molecule has 0 saturated carbocycles. The van der Waals surface area contributed by atoms with Gasteiger partial charge >= 0.3 is 5.97 Å². The zero-order valence-electron chi connectivity index (χ0n) is 12.6. The Balaban J connectivity index is 2.07. The summed E-state index contributed by atoms with van der Waals surface area (Å²) in [5.41, 5.74) is 1.21. The Morgan fingerprint density at radius 3 is 2.35 bits per heavy atom. The molecule has 0 unspecified atom stereocenters. The second-order valence-corrected chi connectivity index (χ2v) is 6.31. The lowest BCUT2D eigenvalue weighted by Crippen LogP contribution is -2.12. The molecule has 0 aliphatic heterocycles. The van der Waals surface area contributed by atoms with Gasteiger partial charge in [0.25, 0.3) is 10.0 Å². The van der Waals surface area contributed by atoms with Crippen LogP contribution in [0.15, 0.2) is 65.6 Å². The van der Waals surface area contributed by atoms with Crippen molar-refractivity contribution in [2.75, 3.05) is 11.3 Å². The van der Waals surface area contributed by atoms with E-state index >= 15 is 0 Å². The van der Waals surface area contributed by atoms with E-state index < -0.39 is 16.0 Å². The molecule has 5 nitrogen and oxygen atoms in total. The molecule has 0 bridgehead atoms. The second kappa shape index (κ2) is 7.60. The average Bonchev–Trinajstić information content (AvgIpc) is 2.55. The number of rotatable bonds is 6. The van der Waals surface area contributed by atoms with Gasteiger partial charge < -0.3 is 4.74 Å². The molecule has 2 aromatic rings. The van der Waals surface area contributed by atoms with Gasteiger partial charge in [0.05, 0.1) is 11.5 Å². The van der Waals surface area contributed by atoms with Crippen LogP contribution in [0.25, 0.3) is 6.08 Å². The first kappa shape index (κ1) is 16.8. The maximum absolute atomic E-state index is 12.2. The van der Waals surface area contributed by atoms with Crippen LogP contribution < -0.4 is 4.72 Å². The summed E-state index contributed by atoms with van der Waals surface area (Å²) in [6, 6.07) is 14.8. The molecule has 0 saturated heterocycles. The van der Waals surface area contributed by atoms with Crippen LogP contribution in [0.4, 0.5) is 5.69 Å². The summed E-state index contributed by atoms with van der Waals surface area (Å²) in [5, 5.41) is 0. The van der Waals surface area contributed by atoms with Crippen molar-refractivity contribution in [2.45, 2.75) is 11.8 Å². The third-order valence-corrected chi connectivity index (χ3v) is 4.31. The molecule has 0 aliphatic rings. The standard InChI is InChI=1S/C17H17NO4S/c1-2-22-17(19)13-10-14-8-11-15(12-9-14)18-23(20,21)16-6-4-3-5-7-16/h3-13,18H,2H2,1H3/b13-10+. The van der Waals surface area contributed by atoms with E-state index in [1.54, 1.807) is 55.5 Å². The first-order chi connectivity index (χ1) is 11.0. The van der Waals surface area contributed by atoms with Gasteiger partial charge in [0, 0.05) is 11.8 Å². The van der Waals surface area contributed by atoms with E-state index in [-0.39, 0.29) is 4.90 Å². The zero-order valence-corrected chi connectivity index (χ0v) is 13.4. The van der Waals surface area contributed by atoms with Crippen LogP contribution in [-0.4, -0.2) is 21.0 Å². The number of nitrogens with one attached hydrogen (secondary N) is 1. The van der Waals surface area contributed by atoms with E-state index in [0.29, 0.717) is 12.3 Å². The summed E-state index contributed by atoms with van der Waals surface area (Å²) < 4.78 is 31.7. The van der Waals surface area contributed by atoms with Gasteiger partial charge in [-0.15, -0.1) is 0 Å². The SMILES string of the molecule is CCOC(=O)/C=C/c1ccc(NS(=O)(=O)c2ccccc2)cc1. The molecule has 0 heterocycles. The fourth-order valence-corrected chi connectivity index (χ4v) is 2.91. The Bertz CT molecular complexity index is 781. The Morgan fingerprint density at radius 1 is 1.09 bits per heavy atom. The molecular weight excluding hydrogens is 314 g/mol. The predicted molar refractivity (Wildman–Crippen MR) is 89.4 cm³/mol. The lowest BCUT2D eigenvalue weighted by atomic mass is 10.2. The van der Waals surface area contributed by atoms with Gasteiger partial charge in [-0.25, -0.2) is 13.2 Å². The fourth-order valence-electron chi connectivity index (χ4n) is 1.83. The van der Waals surface area contributed by atoms with Crippen LogP contribution >= 0.6 is 0 Å². The number of hydrogen-bond acceptors (Lipinski definition) is 4. The number of hydrogen-bond donors (Lipinski definition) is 1. The molecule has 0 aliphatic carbocycles. The number of esters is 1. The maximum Gasteiger partial charge on any atom is 0.330 e. The van der Waals surface area contributed by atoms with E-state index in [0.717, 1.165) is 5.56 Å². The topological polar surface area (TPSA) is 72.5 Å². The van der Waals surface area contributed by atoms with Gasteiger partial charge in [-0.05, 0) is 42.8 Å². The Kier molecular flexibility index (Phi) is 5.54. The highest BCUT2D eigenvalue weighted by atomic mass is 32.2. The summed E-state index contributed by atoms with van der Waals surface area (Å²) in [4.78, 5) is 11.4. The van der Waals surface area contributed by atoms with Crippen LogP contribution in [0.1, 0.15) is 12.5 Å². The van der Waals surface area contributed by atoms with Crippen molar-refractivity contribution in [3.63, 3.8) is 0 Å². The lowest BCUT2D eigenvalue weighted by Gasteiger charge is -2.08. The highest BCUT2D eigenvalue weighted by Gasteiger charge is 2.12. The van der Waals surface area contributed by atoms with Crippen LogP contribution in [-0.2, 0) is 19.6 Å². The molecule has 23 heavy (non-hydrogen) atoms. The van der Waals surface area contributed by atoms with Crippen molar-refractivity contribution in [3.8, 4) is 0 Å². The molecule has 0 fully saturated rings. The number of sulfonamides is 1. The van der Waals surface area contributed by atoms with Crippen molar-refractivity contribution in [2.24, 2.45) is 0 Å². The van der Waals surface area contributed by atoms with Crippen LogP contribution in [0, 0.1) is 0 Å². The second-order valence-electron chi connectivity index (χ2n) is 4.63. The van der Waals surface area contributed by atoms with Gasteiger partial charge in [-0.3, -0.25) is 4.72 Å². The number of benzene rings is 2. The number of anilines is 1. The van der Waals surface area contributed by atoms with Crippen molar-refractivity contribution in [1.82, 2.24) is 0 Å². The fraction of sp³-hybridized carbons (Fsp3) is 0.118. The van der Waals surface area contributed by atoms with E-state index in [2.05, 4.69) is 4.72 Å². The van der Waals surface area contributed by atoms with Crippen molar-refractivity contribution < 1.29 is 17.9 Å². The Hall–Kier alpha value is -2.60. The van der Waals surface area contributed by atoms with Crippen molar-refractivity contribution >= 4 is 27.8 Å². The van der Waals surface area contributed by atoms with E-state index in [9.17, 15) is 13.2 Å².